The van der Waals surface area contributed by atoms with Crippen molar-refractivity contribution in [2.24, 2.45) is 5.92 Å². The van der Waals surface area contributed by atoms with Gasteiger partial charge in [0.2, 0.25) is 0 Å². The molecular weight excluding hydrogens is 301 g/mol. The highest BCUT2D eigenvalue weighted by atomic mass is 19.4. The van der Waals surface area contributed by atoms with Gasteiger partial charge in [-0.2, -0.15) is 13.2 Å². The van der Waals surface area contributed by atoms with Crippen LogP contribution in [-0.2, 0) is 4.79 Å². The Morgan fingerprint density at radius 3 is 2.45 bits per heavy atom. The van der Waals surface area contributed by atoms with Gasteiger partial charge in [-0.15, -0.1) is 0 Å². The number of hydrogen-bond donors (Lipinski definition) is 2. The minimum absolute atomic E-state index is 0.0990. The number of nitrogens with one attached hydrogen (secondary N) is 1. The van der Waals surface area contributed by atoms with Crippen LogP contribution in [0.5, 0.6) is 0 Å². The Hall–Kier alpha value is -2.25. The zero-order valence-electron chi connectivity index (χ0n) is 11.3. The number of halogens is 3. The second kappa shape index (κ2) is 4.62. The van der Waals surface area contributed by atoms with Crippen LogP contribution in [-0.4, -0.2) is 40.3 Å². The summed E-state index contributed by atoms with van der Waals surface area (Å²) in [6, 6.07) is 7.27. The summed E-state index contributed by atoms with van der Waals surface area (Å²) in [5.41, 5.74) is -0.525. The minimum Gasteiger partial charge on any atom is -0.465 e. The first-order valence-electron chi connectivity index (χ1n) is 6.69. The summed E-state index contributed by atoms with van der Waals surface area (Å²) in [6.07, 6.45) is -5.85. The summed E-state index contributed by atoms with van der Waals surface area (Å²) in [5, 5.41) is 11.3. The largest absolute Gasteiger partial charge is 0.471 e. The average molecular weight is 314 g/mol. The van der Waals surface area contributed by atoms with Crippen molar-refractivity contribution in [3.8, 4) is 0 Å². The first-order valence-corrected chi connectivity index (χ1v) is 6.69. The quantitative estimate of drug-likeness (QED) is 0.879. The third kappa shape index (κ3) is 2.18. The second-order valence-electron chi connectivity index (χ2n) is 5.64. The molecule has 2 N–H and O–H groups in total. The second-order valence-corrected chi connectivity index (χ2v) is 5.64. The van der Waals surface area contributed by atoms with Gasteiger partial charge < -0.3 is 15.3 Å². The molecule has 22 heavy (non-hydrogen) atoms. The molecule has 1 aromatic rings. The number of benzene rings is 1. The molecule has 1 aromatic carbocycles. The lowest BCUT2D eigenvalue weighted by Crippen LogP contribution is -2.48. The van der Waals surface area contributed by atoms with E-state index in [1.807, 2.05) is 0 Å². The van der Waals surface area contributed by atoms with E-state index in [0.29, 0.717) is 12.0 Å². The van der Waals surface area contributed by atoms with Crippen LogP contribution in [0.15, 0.2) is 30.3 Å². The molecule has 118 valence electrons. The Kier molecular flexibility index (Phi) is 3.08. The van der Waals surface area contributed by atoms with Gasteiger partial charge in [-0.05, 0) is 12.0 Å². The predicted molar refractivity (Wildman–Crippen MR) is 68.9 cm³/mol. The number of fused-ring (bicyclic) bond motifs is 1. The van der Waals surface area contributed by atoms with E-state index in [4.69, 9.17) is 5.11 Å². The Morgan fingerprint density at radius 2 is 1.91 bits per heavy atom. The minimum atomic E-state index is -4.98. The monoisotopic (exact) mass is 314 g/mol. The van der Waals surface area contributed by atoms with Crippen molar-refractivity contribution >= 4 is 12.0 Å². The lowest BCUT2D eigenvalue weighted by molar-refractivity contribution is -0.187. The standard InChI is InChI=1S/C14H13F3N2O3/c15-14(16,17)11(20)19-7-9-6-13(9,18-12(21)22)10(19)8-4-2-1-3-5-8/h1-5,9-10,18H,6-7H2,(H,21,22)/t9?,10-,13-/m0/s1. The van der Waals surface area contributed by atoms with Crippen LogP contribution in [0.3, 0.4) is 0 Å². The summed E-state index contributed by atoms with van der Waals surface area (Å²) in [6.45, 7) is -0.0990. The third-order valence-corrected chi connectivity index (χ3v) is 4.33. The van der Waals surface area contributed by atoms with Gasteiger partial charge in [0, 0.05) is 12.5 Å². The van der Waals surface area contributed by atoms with Gasteiger partial charge in [0.05, 0.1) is 11.6 Å². The summed E-state index contributed by atoms with van der Waals surface area (Å²) < 4.78 is 38.4. The van der Waals surface area contributed by atoms with Gasteiger partial charge in [0.15, 0.2) is 0 Å². The van der Waals surface area contributed by atoms with E-state index in [0.717, 1.165) is 4.90 Å². The Morgan fingerprint density at radius 1 is 1.27 bits per heavy atom. The van der Waals surface area contributed by atoms with E-state index in [9.17, 15) is 22.8 Å². The van der Waals surface area contributed by atoms with E-state index >= 15 is 0 Å². The highest BCUT2D eigenvalue weighted by Gasteiger charge is 2.70. The van der Waals surface area contributed by atoms with Gasteiger partial charge in [-0.3, -0.25) is 4.79 Å². The van der Waals surface area contributed by atoms with Gasteiger partial charge in [0.25, 0.3) is 0 Å². The smallest absolute Gasteiger partial charge is 0.465 e. The zero-order chi connectivity index (χ0) is 16.1. The number of alkyl halides is 3. The van der Waals surface area contributed by atoms with Gasteiger partial charge in [-0.1, -0.05) is 30.3 Å². The molecule has 1 saturated heterocycles. The summed E-state index contributed by atoms with van der Waals surface area (Å²) in [5.74, 6) is -2.22. The van der Waals surface area contributed by atoms with Crippen LogP contribution in [0.4, 0.5) is 18.0 Å². The fraction of sp³-hybridized carbons (Fsp3) is 0.429. The molecule has 0 spiro atoms. The normalized spacial score (nSPS) is 29.9. The number of carboxylic acid groups (broad SMARTS) is 1. The topological polar surface area (TPSA) is 69.6 Å². The Balaban J connectivity index is 1.99. The van der Waals surface area contributed by atoms with Crippen molar-refractivity contribution in [3.05, 3.63) is 35.9 Å². The lowest BCUT2D eigenvalue weighted by atomic mass is 9.97. The van der Waals surface area contributed by atoms with E-state index in [-0.39, 0.29) is 12.5 Å². The van der Waals surface area contributed by atoms with Gasteiger partial charge in [-0.25, -0.2) is 4.79 Å². The number of likely N-dealkylation sites (tertiary alicyclic amines) is 1. The highest BCUT2D eigenvalue weighted by Crippen LogP contribution is 2.60. The molecule has 0 radical (unpaired) electrons. The van der Waals surface area contributed by atoms with Crippen molar-refractivity contribution in [1.29, 1.82) is 0 Å². The molecular formula is C14H13F3N2O3. The highest BCUT2D eigenvalue weighted by molar-refractivity contribution is 5.83. The number of carbonyl (C=O) groups excluding carboxylic acids is 1. The lowest BCUT2D eigenvalue weighted by Gasteiger charge is -2.33. The number of carbonyl (C=O) groups is 2. The molecule has 8 heteroatoms. The van der Waals surface area contributed by atoms with E-state index in [1.165, 1.54) is 0 Å². The third-order valence-electron chi connectivity index (χ3n) is 4.33. The molecule has 1 unspecified atom stereocenters. The summed E-state index contributed by atoms with van der Waals surface area (Å²) in [7, 11) is 0. The molecule has 1 aliphatic carbocycles. The zero-order valence-corrected chi connectivity index (χ0v) is 11.3. The van der Waals surface area contributed by atoms with Crippen LogP contribution in [0.1, 0.15) is 18.0 Å². The maximum absolute atomic E-state index is 12.8. The van der Waals surface area contributed by atoms with E-state index in [2.05, 4.69) is 5.32 Å². The first kappa shape index (κ1) is 14.7. The number of hydrogen-bond acceptors (Lipinski definition) is 2. The molecule has 2 aliphatic rings. The number of piperidine rings is 1. The molecule has 1 heterocycles. The average Bonchev–Trinajstić information content (AvgIpc) is 3.01. The van der Waals surface area contributed by atoms with E-state index < -0.39 is 29.8 Å². The Labute approximate surface area is 123 Å². The van der Waals surface area contributed by atoms with Gasteiger partial charge in [0.1, 0.15) is 0 Å². The van der Waals surface area contributed by atoms with Crippen LogP contribution in [0.2, 0.25) is 0 Å². The molecule has 2 fully saturated rings. The molecule has 3 rings (SSSR count). The molecule has 5 nitrogen and oxygen atoms in total. The molecule has 1 saturated carbocycles. The molecule has 1 aliphatic heterocycles. The van der Waals surface area contributed by atoms with Crippen LogP contribution in [0.25, 0.3) is 0 Å². The SMILES string of the molecule is O=C(O)N[C@@]12CC1CN(C(=O)C(F)(F)F)[C@H]2c1ccccc1. The van der Waals surface area contributed by atoms with Crippen molar-refractivity contribution < 1.29 is 27.9 Å². The molecule has 0 aromatic heterocycles. The van der Waals surface area contributed by atoms with E-state index in [1.54, 1.807) is 30.3 Å². The number of amides is 2. The van der Waals surface area contributed by atoms with Gasteiger partial charge >= 0.3 is 18.2 Å². The predicted octanol–water partition coefficient (Wildman–Crippen LogP) is 2.16. The van der Waals surface area contributed by atoms with Crippen molar-refractivity contribution in [1.82, 2.24) is 10.2 Å². The number of rotatable bonds is 2. The van der Waals surface area contributed by atoms with Crippen LogP contribution in [0, 0.1) is 5.92 Å². The van der Waals surface area contributed by atoms with Crippen LogP contribution >= 0.6 is 0 Å². The molecule has 0 bridgehead atoms. The molecule has 3 atom stereocenters. The Bertz CT molecular complexity index is 620. The maximum Gasteiger partial charge on any atom is 0.471 e. The first-order chi connectivity index (χ1) is 10.3. The fourth-order valence-electron chi connectivity index (χ4n) is 3.43. The van der Waals surface area contributed by atoms with Crippen molar-refractivity contribution in [2.75, 3.05) is 6.54 Å². The summed E-state index contributed by atoms with van der Waals surface area (Å²) >= 11 is 0. The summed E-state index contributed by atoms with van der Waals surface area (Å²) in [4.78, 5) is 23.4. The fourth-order valence-corrected chi connectivity index (χ4v) is 3.43. The maximum atomic E-state index is 12.8. The van der Waals surface area contributed by atoms with Crippen molar-refractivity contribution in [2.45, 2.75) is 24.2 Å². The molecule has 2 amide bonds. The number of nitrogens with zero attached hydrogens (tertiary/aromatic N) is 1. The van der Waals surface area contributed by atoms with Crippen molar-refractivity contribution in [3.63, 3.8) is 0 Å². The van der Waals surface area contributed by atoms with Crippen LogP contribution < -0.4 is 5.32 Å².